The number of carbonyl (C=O) groups is 1. The van der Waals surface area contributed by atoms with Gasteiger partial charge in [-0.25, -0.2) is 4.52 Å². The van der Waals surface area contributed by atoms with E-state index in [0.29, 0.717) is 5.75 Å². The molecule has 5 nitrogen and oxygen atoms in total. The predicted octanol–water partition coefficient (Wildman–Crippen LogP) is 5.87. The van der Waals surface area contributed by atoms with E-state index in [1.165, 1.54) is 0 Å². The SMILES string of the molecule is CC.C[C@H](N[P+](=O)Oc1cccc2ccccc12)C(=O)OCc1ccccc1.[HH]. The Labute approximate surface area is 168 Å². The maximum Gasteiger partial charge on any atom is 0.664 e. The van der Waals surface area contributed by atoms with Crippen molar-refractivity contribution in [3.05, 3.63) is 78.4 Å². The third kappa shape index (κ3) is 6.15. The van der Waals surface area contributed by atoms with E-state index in [0.717, 1.165) is 16.3 Å². The van der Waals surface area contributed by atoms with E-state index in [4.69, 9.17) is 9.26 Å². The van der Waals surface area contributed by atoms with Crippen molar-refractivity contribution in [1.82, 2.24) is 5.09 Å². The highest BCUT2D eigenvalue weighted by molar-refractivity contribution is 7.37. The Kier molecular flexibility index (Phi) is 8.60. The van der Waals surface area contributed by atoms with Crippen LogP contribution in [0.2, 0.25) is 0 Å². The molecule has 0 amide bonds. The molecule has 1 unspecified atom stereocenters. The summed E-state index contributed by atoms with van der Waals surface area (Å²) >= 11 is 0. The zero-order valence-corrected chi connectivity index (χ0v) is 17.2. The second-order valence-electron chi connectivity index (χ2n) is 5.77. The highest BCUT2D eigenvalue weighted by Crippen LogP contribution is 2.31. The Bertz CT molecular complexity index is 916. The van der Waals surface area contributed by atoms with Gasteiger partial charge in [0.05, 0.1) is 0 Å². The van der Waals surface area contributed by atoms with Gasteiger partial charge in [0.1, 0.15) is 12.6 Å². The minimum atomic E-state index is -2.27. The molecule has 0 saturated carbocycles. The van der Waals surface area contributed by atoms with Crippen molar-refractivity contribution < 1.29 is 20.0 Å². The van der Waals surface area contributed by atoms with Crippen LogP contribution in [0.1, 0.15) is 27.8 Å². The highest BCUT2D eigenvalue weighted by atomic mass is 31.1. The normalized spacial score (nSPS) is 11.8. The van der Waals surface area contributed by atoms with Gasteiger partial charge in [0.2, 0.25) is 0 Å². The van der Waals surface area contributed by atoms with E-state index >= 15 is 0 Å². The number of ether oxygens (including phenoxy) is 1. The van der Waals surface area contributed by atoms with E-state index in [1.807, 2.05) is 80.6 Å². The van der Waals surface area contributed by atoms with Crippen LogP contribution in [0.25, 0.3) is 10.8 Å². The number of carbonyl (C=O) groups excluding carboxylic acids is 1. The van der Waals surface area contributed by atoms with Gasteiger partial charge in [-0.2, -0.15) is 0 Å². The van der Waals surface area contributed by atoms with Crippen molar-refractivity contribution in [3.8, 4) is 5.75 Å². The molecule has 3 aromatic rings. The predicted molar refractivity (Wildman–Crippen MR) is 114 cm³/mol. The summed E-state index contributed by atoms with van der Waals surface area (Å²) in [5.41, 5.74) is 0.893. The van der Waals surface area contributed by atoms with E-state index in [2.05, 4.69) is 5.09 Å². The topological polar surface area (TPSA) is 64.6 Å². The molecule has 0 saturated heterocycles. The fraction of sp³-hybridized carbons (Fsp3) is 0.227. The molecular formula is C22H27NO4P+. The quantitative estimate of drug-likeness (QED) is 0.397. The first-order valence-electron chi connectivity index (χ1n) is 9.23. The maximum absolute atomic E-state index is 12.3. The maximum atomic E-state index is 12.3. The summed E-state index contributed by atoms with van der Waals surface area (Å²) in [6, 6.07) is 21.8. The minimum absolute atomic E-state index is 0. The molecule has 0 aliphatic carbocycles. The molecule has 2 atom stereocenters. The third-order valence-corrected chi connectivity index (χ3v) is 4.77. The molecule has 0 radical (unpaired) electrons. The van der Waals surface area contributed by atoms with Crippen LogP contribution in [0.5, 0.6) is 5.75 Å². The van der Waals surface area contributed by atoms with E-state index in [1.54, 1.807) is 13.0 Å². The average Bonchev–Trinajstić information content (AvgIpc) is 2.74. The molecule has 0 aliphatic rings. The molecule has 148 valence electrons. The Morgan fingerprint density at radius 2 is 1.64 bits per heavy atom. The summed E-state index contributed by atoms with van der Waals surface area (Å²) in [5.74, 6) is 0.0142. The van der Waals surface area contributed by atoms with Gasteiger partial charge in [-0.1, -0.05) is 85.7 Å². The van der Waals surface area contributed by atoms with Crippen LogP contribution in [-0.4, -0.2) is 12.0 Å². The van der Waals surface area contributed by atoms with Crippen molar-refractivity contribution in [1.29, 1.82) is 0 Å². The van der Waals surface area contributed by atoms with Crippen LogP contribution in [0.15, 0.2) is 72.8 Å². The Balaban J connectivity index is 0.00000136. The van der Waals surface area contributed by atoms with Crippen LogP contribution in [-0.2, 0) is 20.7 Å². The van der Waals surface area contributed by atoms with Gasteiger partial charge in [-0.15, -0.1) is 0 Å². The van der Waals surface area contributed by atoms with Crippen molar-refractivity contribution in [2.45, 2.75) is 33.4 Å². The average molecular weight is 400 g/mol. The monoisotopic (exact) mass is 400 g/mol. The first-order chi connectivity index (χ1) is 13.6. The molecule has 6 heteroatoms. The number of hydrogen-bond acceptors (Lipinski definition) is 4. The fourth-order valence-corrected chi connectivity index (χ4v) is 3.27. The number of rotatable bonds is 7. The lowest BCUT2D eigenvalue weighted by atomic mass is 10.1. The lowest BCUT2D eigenvalue weighted by Gasteiger charge is -2.08. The molecule has 1 N–H and O–H groups in total. The molecule has 0 spiro atoms. The minimum Gasteiger partial charge on any atom is -0.460 e. The Hall–Kier alpha value is -2.75. The molecule has 3 aromatic carbocycles. The molecule has 28 heavy (non-hydrogen) atoms. The van der Waals surface area contributed by atoms with Crippen molar-refractivity contribution in [2.24, 2.45) is 0 Å². The largest absolute Gasteiger partial charge is 0.664 e. The standard InChI is InChI=1S/C20H19NO4P.C2H6.H2/c1-15(20(22)24-14-16-8-3-2-4-9-16)21-26(23)25-19-13-7-11-17-10-5-6-12-18(17)19;1-2;/h2-13,15H,14H2,1H3,(H,21,23);1-2H3;1H/q+1;;/t15-;;/m0../s1. The Morgan fingerprint density at radius 1 is 1.00 bits per heavy atom. The summed E-state index contributed by atoms with van der Waals surface area (Å²) in [5, 5.41) is 4.49. The zero-order valence-electron chi connectivity index (χ0n) is 16.3. The highest BCUT2D eigenvalue weighted by Gasteiger charge is 2.29. The molecule has 0 bridgehead atoms. The van der Waals surface area contributed by atoms with Gasteiger partial charge < -0.3 is 4.74 Å². The molecule has 3 rings (SSSR count). The van der Waals surface area contributed by atoms with Gasteiger partial charge in [-0.3, -0.25) is 4.79 Å². The van der Waals surface area contributed by atoms with Gasteiger partial charge in [-0.05, 0) is 23.9 Å². The smallest absolute Gasteiger partial charge is 0.460 e. The number of hydrogen-bond donors (Lipinski definition) is 1. The van der Waals surface area contributed by atoms with Gasteiger partial charge in [0.15, 0.2) is 5.75 Å². The van der Waals surface area contributed by atoms with Gasteiger partial charge in [0.25, 0.3) is 0 Å². The third-order valence-electron chi connectivity index (χ3n) is 3.81. The Morgan fingerprint density at radius 3 is 2.39 bits per heavy atom. The van der Waals surface area contributed by atoms with E-state index in [9.17, 15) is 9.36 Å². The van der Waals surface area contributed by atoms with Crippen molar-refractivity contribution in [2.75, 3.05) is 0 Å². The number of fused-ring (bicyclic) bond motifs is 1. The van der Waals surface area contributed by atoms with E-state index < -0.39 is 20.2 Å². The van der Waals surface area contributed by atoms with Crippen LogP contribution in [0.3, 0.4) is 0 Å². The van der Waals surface area contributed by atoms with Crippen molar-refractivity contribution >= 4 is 24.9 Å². The summed E-state index contributed by atoms with van der Waals surface area (Å²) in [4.78, 5) is 12.0. The van der Waals surface area contributed by atoms with Crippen LogP contribution in [0.4, 0.5) is 0 Å². The number of esters is 1. The number of nitrogens with one attached hydrogen (secondary N) is 1. The van der Waals surface area contributed by atoms with E-state index in [-0.39, 0.29) is 8.03 Å². The van der Waals surface area contributed by atoms with Gasteiger partial charge in [0, 0.05) is 11.4 Å². The van der Waals surface area contributed by atoms with Crippen LogP contribution < -0.4 is 9.61 Å². The van der Waals surface area contributed by atoms with Gasteiger partial charge >= 0.3 is 14.1 Å². The van der Waals surface area contributed by atoms with Crippen LogP contribution in [0, 0.1) is 0 Å². The molecule has 0 aliphatic heterocycles. The fourth-order valence-electron chi connectivity index (χ4n) is 2.46. The number of benzene rings is 3. The molecular weight excluding hydrogens is 373 g/mol. The molecule has 0 fully saturated rings. The first kappa shape index (κ1) is 21.5. The summed E-state index contributed by atoms with van der Waals surface area (Å²) in [6.45, 7) is 5.76. The zero-order chi connectivity index (χ0) is 20.4. The van der Waals surface area contributed by atoms with Crippen molar-refractivity contribution in [3.63, 3.8) is 0 Å². The summed E-state index contributed by atoms with van der Waals surface area (Å²) in [6.07, 6.45) is 0. The second kappa shape index (κ2) is 11.2. The summed E-state index contributed by atoms with van der Waals surface area (Å²) in [7, 11) is -2.27. The molecule has 0 aromatic heterocycles. The summed E-state index contributed by atoms with van der Waals surface area (Å²) < 4.78 is 23.0. The molecule has 0 heterocycles. The lowest BCUT2D eigenvalue weighted by Crippen LogP contribution is -2.31. The van der Waals surface area contributed by atoms with Crippen LogP contribution >= 0.6 is 8.18 Å². The lowest BCUT2D eigenvalue weighted by molar-refractivity contribution is -0.146. The first-order valence-corrected chi connectivity index (χ1v) is 10.4. The second-order valence-corrected chi connectivity index (χ2v) is 6.72.